The summed E-state index contributed by atoms with van der Waals surface area (Å²) in [4.78, 5) is 12.1. The standard InChI is InChI=1S/C13H11ClFN3O2/c14-9-3-4-11(15)8(6-9)7-18-5-1-2-10(13(18)19)12(16)17-20/h1-6,20H,7H2,(H2,16,17). The van der Waals surface area contributed by atoms with Gasteiger partial charge in [-0.25, -0.2) is 4.39 Å². The third-order valence-electron chi connectivity index (χ3n) is 2.75. The highest BCUT2D eigenvalue weighted by Gasteiger charge is 2.10. The van der Waals surface area contributed by atoms with Crippen LogP contribution < -0.4 is 11.3 Å². The van der Waals surface area contributed by atoms with E-state index >= 15 is 0 Å². The summed E-state index contributed by atoms with van der Waals surface area (Å²) < 4.78 is 14.9. The van der Waals surface area contributed by atoms with Crippen LogP contribution in [0.5, 0.6) is 0 Å². The fourth-order valence-corrected chi connectivity index (χ4v) is 1.95. The summed E-state index contributed by atoms with van der Waals surface area (Å²) in [6.45, 7) is -0.00221. The number of aromatic nitrogens is 1. The number of hydrogen-bond acceptors (Lipinski definition) is 3. The van der Waals surface area contributed by atoms with Crippen molar-refractivity contribution in [1.29, 1.82) is 0 Å². The number of oxime groups is 1. The average molecular weight is 296 g/mol. The van der Waals surface area contributed by atoms with Gasteiger partial charge in [-0.3, -0.25) is 4.79 Å². The number of hydrogen-bond donors (Lipinski definition) is 2. The van der Waals surface area contributed by atoms with E-state index in [4.69, 9.17) is 22.5 Å². The summed E-state index contributed by atoms with van der Waals surface area (Å²) >= 11 is 5.80. The van der Waals surface area contributed by atoms with E-state index in [1.807, 2.05) is 0 Å². The molecule has 2 aromatic rings. The first-order valence-corrected chi connectivity index (χ1v) is 6.02. The van der Waals surface area contributed by atoms with E-state index in [9.17, 15) is 9.18 Å². The second-order valence-corrected chi connectivity index (χ2v) is 4.51. The minimum atomic E-state index is -0.484. The van der Waals surface area contributed by atoms with Crippen LogP contribution in [0, 0.1) is 5.82 Å². The molecule has 5 nitrogen and oxygen atoms in total. The van der Waals surface area contributed by atoms with Crippen molar-refractivity contribution in [1.82, 2.24) is 4.57 Å². The highest BCUT2D eigenvalue weighted by Crippen LogP contribution is 2.15. The summed E-state index contributed by atoms with van der Waals surface area (Å²) in [5, 5.41) is 11.8. The summed E-state index contributed by atoms with van der Waals surface area (Å²) in [6, 6.07) is 7.07. The first kappa shape index (κ1) is 14.1. The molecule has 0 bridgehead atoms. The van der Waals surface area contributed by atoms with Gasteiger partial charge in [0, 0.05) is 16.8 Å². The molecule has 0 amide bonds. The van der Waals surface area contributed by atoms with Gasteiger partial charge in [0.1, 0.15) is 5.82 Å². The Balaban J connectivity index is 2.45. The smallest absolute Gasteiger partial charge is 0.261 e. The van der Waals surface area contributed by atoms with Gasteiger partial charge in [-0.2, -0.15) is 0 Å². The summed E-state index contributed by atoms with van der Waals surface area (Å²) in [5.74, 6) is -0.758. The van der Waals surface area contributed by atoms with Gasteiger partial charge in [-0.05, 0) is 30.3 Å². The van der Waals surface area contributed by atoms with Crippen LogP contribution in [0.2, 0.25) is 5.02 Å². The molecule has 0 aliphatic heterocycles. The normalized spacial score (nSPS) is 11.6. The molecular weight excluding hydrogens is 285 g/mol. The second kappa shape index (κ2) is 5.75. The van der Waals surface area contributed by atoms with Gasteiger partial charge in [-0.15, -0.1) is 0 Å². The Morgan fingerprint density at radius 2 is 2.20 bits per heavy atom. The van der Waals surface area contributed by atoms with E-state index in [0.29, 0.717) is 5.02 Å². The maximum Gasteiger partial charge on any atom is 0.261 e. The molecule has 104 valence electrons. The minimum absolute atomic E-state index is 0.00221. The number of benzene rings is 1. The van der Waals surface area contributed by atoms with E-state index < -0.39 is 11.4 Å². The maximum absolute atomic E-state index is 13.6. The molecule has 0 radical (unpaired) electrons. The fourth-order valence-electron chi connectivity index (χ4n) is 1.76. The molecule has 7 heteroatoms. The van der Waals surface area contributed by atoms with Crippen molar-refractivity contribution in [3.8, 4) is 0 Å². The van der Waals surface area contributed by atoms with Gasteiger partial charge in [0.2, 0.25) is 0 Å². The summed E-state index contributed by atoms with van der Waals surface area (Å²) in [5.41, 5.74) is 5.23. The van der Waals surface area contributed by atoms with E-state index in [0.717, 1.165) is 0 Å². The molecule has 0 spiro atoms. The van der Waals surface area contributed by atoms with Crippen LogP contribution >= 0.6 is 11.6 Å². The summed E-state index contributed by atoms with van der Waals surface area (Å²) in [7, 11) is 0. The highest BCUT2D eigenvalue weighted by atomic mass is 35.5. The molecule has 0 saturated heterocycles. The average Bonchev–Trinajstić information content (AvgIpc) is 2.44. The SMILES string of the molecule is N/C(=N/O)c1cccn(Cc2cc(Cl)ccc2F)c1=O. The zero-order chi connectivity index (χ0) is 14.7. The van der Waals surface area contributed by atoms with E-state index in [-0.39, 0.29) is 23.5 Å². The molecule has 1 aromatic carbocycles. The Bertz CT molecular complexity index is 728. The fraction of sp³-hybridized carbons (Fsp3) is 0.0769. The molecule has 20 heavy (non-hydrogen) atoms. The minimum Gasteiger partial charge on any atom is -0.409 e. The van der Waals surface area contributed by atoms with E-state index in [2.05, 4.69) is 5.16 Å². The van der Waals surface area contributed by atoms with Crippen LogP contribution in [0.15, 0.2) is 46.5 Å². The molecule has 0 aliphatic carbocycles. The van der Waals surface area contributed by atoms with Crippen molar-refractivity contribution in [2.75, 3.05) is 0 Å². The Kier molecular flexibility index (Phi) is 4.05. The molecular formula is C13H11ClFN3O2. The van der Waals surface area contributed by atoms with Crippen LogP contribution in [-0.4, -0.2) is 15.6 Å². The molecule has 0 fully saturated rings. The summed E-state index contributed by atoms with van der Waals surface area (Å²) in [6.07, 6.45) is 1.48. The third kappa shape index (κ3) is 2.80. The molecule has 0 unspecified atom stereocenters. The van der Waals surface area contributed by atoms with Gasteiger partial charge in [-0.1, -0.05) is 16.8 Å². The number of rotatable bonds is 3. The molecule has 0 saturated carbocycles. The van der Waals surface area contributed by atoms with E-state index in [1.165, 1.54) is 35.0 Å². The van der Waals surface area contributed by atoms with Crippen molar-refractivity contribution in [3.63, 3.8) is 0 Å². The maximum atomic E-state index is 13.6. The topological polar surface area (TPSA) is 80.6 Å². The van der Waals surface area contributed by atoms with Crippen LogP contribution in [0.4, 0.5) is 4.39 Å². The second-order valence-electron chi connectivity index (χ2n) is 4.08. The first-order chi connectivity index (χ1) is 9.52. The molecule has 1 aromatic heterocycles. The van der Waals surface area contributed by atoms with Gasteiger partial charge in [0.15, 0.2) is 5.84 Å². The van der Waals surface area contributed by atoms with Crippen molar-refractivity contribution in [3.05, 3.63) is 68.8 Å². The predicted octanol–water partition coefficient (Wildman–Crippen LogP) is 1.78. The highest BCUT2D eigenvalue weighted by molar-refractivity contribution is 6.30. The van der Waals surface area contributed by atoms with Gasteiger partial charge in [0.05, 0.1) is 12.1 Å². The zero-order valence-corrected chi connectivity index (χ0v) is 11.0. The number of halogens is 2. The lowest BCUT2D eigenvalue weighted by Gasteiger charge is -2.08. The van der Waals surface area contributed by atoms with E-state index in [1.54, 1.807) is 6.07 Å². The van der Waals surface area contributed by atoms with Gasteiger partial charge >= 0.3 is 0 Å². The predicted molar refractivity (Wildman–Crippen MR) is 73.7 cm³/mol. The van der Waals surface area contributed by atoms with Gasteiger partial charge in [0.25, 0.3) is 5.56 Å². The van der Waals surface area contributed by atoms with Crippen LogP contribution in [0.3, 0.4) is 0 Å². The molecule has 0 aliphatic rings. The zero-order valence-electron chi connectivity index (χ0n) is 10.3. The van der Waals surface area contributed by atoms with Gasteiger partial charge < -0.3 is 15.5 Å². The first-order valence-electron chi connectivity index (χ1n) is 5.64. The molecule has 0 atom stereocenters. The number of nitrogens with two attached hydrogens (primary N) is 1. The Labute approximate surface area is 118 Å². The lowest BCUT2D eigenvalue weighted by Crippen LogP contribution is -2.30. The monoisotopic (exact) mass is 295 g/mol. The number of amidine groups is 1. The Hall–Kier alpha value is -2.34. The quantitative estimate of drug-likeness (QED) is 0.392. The lowest BCUT2D eigenvalue weighted by atomic mass is 10.2. The van der Waals surface area contributed by atoms with Crippen molar-refractivity contribution >= 4 is 17.4 Å². The van der Waals surface area contributed by atoms with Crippen molar-refractivity contribution in [2.45, 2.75) is 6.54 Å². The lowest BCUT2D eigenvalue weighted by molar-refractivity contribution is 0.318. The molecule has 3 N–H and O–H groups in total. The van der Waals surface area contributed by atoms with Crippen LogP contribution in [0.25, 0.3) is 0 Å². The number of nitrogens with zero attached hydrogens (tertiary/aromatic N) is 2. The van der Waals surface area contributed by atoms with Crippen molar-refractivity contribution < 1.29 is 9.60 Å². The molecule has 1 heterocycles. The Morgan fingerprint density at radius 3 is 2.90 bits per heavy atom. The van der Waals surface area contributed by atoms with Crippen molar-refractivity contribution in [2.24, 2.45) is 10.9 Å². The Morgan fingerprint density at radius 1 is 1.45 bits per heavy atom. The number of pyridine rings is 1. The third-order valence-corrected chi connectivity index (χ3v) is 2.99. The molecule has 2 rings (SSSR count). The van der Waals surface area contributed by atoms with Crippen LogP contribution in [0.1, 0.15) is 11.1 Å². The van der Waals surface area contributed by atoms with Crippen LogP contribution in [-0.2, 0) is 6.54 Å². The largest absolute Gasteiger partial charge is 0.409 e.